The van der Waals surface area contributed by atoms with Gasteiger partial charge in [0.05, 0.1) is 5.03 Å². The van der Waals surface area contributed by atoms with Crippen LogP contribution in [-0.2, 0) is 4.79 Å². The van der Waals surface area contributed by atoms with Gasteiger partial charge in [-0.05, 0) is 18.2 Å². The van der Waals surface area contributed by atoms with Gasteiger partial charge in [0.25, 0.3) is 0 Å². The molecule has 52 valence electrons. The van der Waals surface area contributed by atoms with Crippen LogP contribution in [0.15, 0.2) is 11.1 Å². The summed E-state index contributed by atoms with van der Waals surface area (Å²) >= 11 is 1.08. The Morgan fingerprint density at radius 3 is 2.67 bits per heavy atom. The molecular weight excluding hydrogens is 134 g/mol. The Morgan fingerprint density at radius 1 is 1.78 bits per heavy atom. The number of carbonyl (C=O) groups is 1. The molecule has 2 N–H and O–H groups in total. The third-order valence-electron chi connectivity index (χ3n) is 0.667. The first-order valence-electron chi connectivity index (χ1n) is 2.81. The lowest BCUT2D eigenvalue weighted by Gasteiger charge is -1.92. The third kappa shape index (κ3) is 5.43. The summed E-state index contributed by atoms with van der Waals surface area (Å²) in [6.45, 7) is 3.48. The van der Waals surface area contributed by atoms with Crippen LogP contribution < -0.4 is 5.73 Å². The molecule has 0 aliphatic heterocycles. The fourth-order valence-corrected chi connectivity index (χ4v) is 0.991. The number of thioether (sulfide) groups is 1. The van der Waals surface area contributed by atoms with Crippen LogP contribution in [0.3, 0.4) is 0 Å². The summed E-state index contributed by atoms with van der Waals surface area (Å²) < 4.78 is 0. The smallest absolute Gasteiger partial charge is 0.191 e. The van der Waals surface area contributed by atoms with E-state index in [9.17, 15) is 4.79 Å². The van der Waals surface area contributed by atoms with E-state index in [1.807, 2.05) is 13.0 Å². The van der Waals surface area contributed by atoms with E-state index >= 15 is 0 Å². The van der Waals surface area contributed by atoms with Crippen LogP contribution >= 0.6 is 11.8 Å². The molecule has 0 fully saturated rings. The molecule has 0 radical (unpaired) electrons. The van der Waals surface area contributed by atoms with Crippen LogP contribution in [0.25, 0.3) is 0 Å². The molecule has 3 heteroatoms. The summed E-state index contributed by atoms with van der Waals surface area (Å²) in [6.07, 6.45) is 2.71. The van der Waals surface area contributed by atoms with E-state index in [1.165, 1.54) is 6.92 Å². The minimum Gasteiger partial charge on any atom is -0.393 e. The lowest BCUT2D eigenvalue weighted by molar-refractivity contribution is -0.109. The Kier molecular flexibility index (Phi) is 4.22. The highest BCUT2D eigenvalue weighted by atomic mass is 32.2. The first-order valence-corrected chi connectivity index (χ1v) is 3.62. The zero-order valence-electron chi connectivity index (χ0n) is 5.68. The number of rotatable bonds is 2. The van der Waals surface area contributed by atoms with Crippen molar-refractivity contribution in [1.82, 2.24) is 0 Å². The molecule has 0 bridgehead atoms. The van der Waals surface area contributed by atoms with Crippen LogP contribution in [0, 0.1) is 0 Å². The van der Waals surface area contributed by atoms with Crippen molar-refractivity contribution in [2.24, 2.45) is 5.73 Å². The maximum Gasteiger partial charge on any atom is 0.191 e. The number of hydrogen-bond donors (Lipinski definition) is 1. The molecular formula is C6H11NOS. The van der Waals surface area contributed by atoms with Crippen LogP contribution in [0.4, 0.5) is 0 Å². The van der Waals surface area contributed by atoms with E-state index in [2.05, 4.69) is 0 Å². The standard InChI is InChI=1S/C6H11NOS/c1-3-4-6(7)9-5(2)8/h4H,3,7H2,1-2H3. The topological polar surface area (TPSA) is 43.1 Å². The van der Waals surface area contributed by atoms with Crippen LogP contribution in [0.5, 0.6) is 0 Å². The fraction of sp³-hybridized carbons (Fsp3) is 0.500. The second-order valence-corrected chi connectivity index (χ2v) is 2.86. The van der Waals surface area contributed by atoms with Gasteiger partial charge in [0.15, 0.2) is 5.12 Å². The van der Waals surface area contributed by atoms with E-state index in [1.54, 1.807) is 0 Å². The van der Waals surface area contributed by atoms with Gasteiger partial charge in [0.2, 0.25) is 0 Å². The average Bonchev–Trinajstić information content (AvgIpc) is 1.63. The number of allylic oxidation sites excluding steroid dienone is 1. The molecule has 0 heterocycles. The minimum atomic E-state index is 0.0391. The lowest BCUT2D eigenvalue weighted by Crippen LogP contribution is -1.94. The summed E-state index contributed by atoms with van der Waals surface area (Å²) in [5.41, 5.74) is 5.39. The van der Waals surface area contributed by atoms with Crippen LogP contribution in [0.2, 0.25) is 0 Å². The van der Waals surface area contributed by atoms with Gasteiger partial charge in [-0.25, -0.2) is 0 Å². The monoisotopic (exact) mass is 145 g/mol. The zero-order chi connectivity index (χ0) is 7.28. The van der Waals surface area contributed by atoms with Gasteiger partial charge in [0, 0.05) is 6.92 Å². The van der Waals surface area contributed by atoms with Crippen molar-refractivity contribution in [1.29, 1.82) is 0 Å². The fourth-order valence-electron chi connectivity index (χ4n) is 0.409. The molecule has 0 aliphatic carbocycles. The molecule has 0 aromatic rings. The Labute approximate surface area is 59.5 Å². The van der Waals surface area contributed by atoms with Crippen LogP contribution in [-0.4, -0.2) is 5.12 Å². The summed E-state index contributed by atoms with van der Waals surface area (Å²) in [5.74, 6) is 0. The molecule has 9 heavy (non-hydrogen) atoms. The van der Waals surface area contributed by atoms with Crippen molar-refractivity contribution in [2.75, 3.05) is 0 Å². The Hall–Kier alpha value is -0.440. The largest absolute Gasteiger partial charge is 0.393 e. The molecule has 0 atom stereocenters. The number of nitrogens with two attached hydrogens (primary N) is 1. The summed E-state index contributed by atoms with van der Waals surface area (Å²) in [4.78, 5) is 10.4. The minimum absolute atomic E-state index is 0.0391. The molecule has 0 amide bonds. The van der Waals surface area contributed by atoms with Crippen molar-refractivity contribution in [3.05, 3.63) is 11.1 Å². The van der Waals surface area contributed by atoms with Gasteiger partial charge < -0.3 is 5.73 Å². The average molecular weight is 145 g/mol. The van der Waals surface area contributed by atoms with Crippen molar-refractivity contribution in [2.45, 2.75) is 20.3 Å². The summed E-state index contributed by atoms with van der Waals surface area (Å²) in [5, 5.41) is 0.641. The molecule has 0 rings (SSSR count). The zero-order valence-corrected chi connectivity index (χ0v) is 6.49. The molecule has 0 aromatic carbocycles. The van der Waals surface area contributed by atoms with E-state index in [0.717, 1.165) is 18.2 Å². The third-order valence-corrected chi connectivity index (χ3v) is 1.36. The molecule has 0 aromatic heterocycles. The quantitative estimate of drug-likeness (QED) is 0.640. The second kappa shape index (κ2) is 4.44. The maximum absolute atomic E-state index is 10.4. The van der Waals surface area contributed by atoms with E-state index in [-0.39, 0.29) is 5.12 Å². The van der Waals surface area contributed by atoms with Gasteiger partial charge in [-0.2, -0.15) is 0 Å². The summed E-state index contributed by atoms with van der Waals surface area (Å²) in [7, 11) is 0. The maximum atomic E-state index is 10.4. The molecule has 0 spiro atoms. The Morgan fingerprint density at radius 2 is 2.33 bits per heavy atom. The highest BCUT2D eigenvalue weighted by Gasteiger charge is 1.93. The van der Waals surface area contributed by atoms with Gasteiger partial charge in [-0.15, -0.1) is 0 Å². The number of hydrogen-bond acceptors (Lipinski definition) is 3. The molecule has 2 nitrogen and oxygen atoms in total. The van der Waals surface area contributed by atoms with Gasteiger partial charge in [-0.3, -0.25) is 4.79 Å². The van der Waals surface area contributed by atoms with E-state index in [0.29, 0.717) is 5.03 Å². The lowest BCUT2D eigenvalue weighted by atomic mass is 10.5. The predicted molar refractivity (Wildman–Crippen MR) is 40.8 cm³/mol. The van der Waals surface area contributed by atoms with Gasteiger partial charge in [0.1, 0.15) is 0 Å². The van der Waals surface area contributed by atoms with Crippen LogP contribution in [0.1, 0.15) is 20.3 Å². The second-order valence-electron chi connectivity index (χ2n) is 1.61. The first-order chi connectivity index (χ1) is 4.16. The van der Waals surface area contributed by atoms with Crippen molar-refractivity contribution in [3.8, 4) is 0 Å². The molecule has 0 aliphatic rings. The molecule has 0 saturated carbocycles. The highest BCUT2D eigenvalue weighted by Crippen LogP contribution is 2.09. The van der Waals surface area contributed by atoms with Crippen molar-refractivity contribution >= 4 is 16.9 Å². The first kappa shape index (κ1) is 8.56. The Bertz CT molecular complexity index is 131. The molecule has 0 unspecified atom stereocenters. The Balaban J connectivity index is 3.62. The van der Waals surface area contributed by atoms with Crippen molar-refractivity contribution in [3.63, 3.8) is 0 Å². The van der Waals surface area contributed by atoms with Gasteiger partial charge >= 0.3 is 0 Å². The highest BCUT2D eigenvalue weighted by molar-refractivity contribution is 8.16. The number of carbonyl (C=O) groups excluding carboxylic acids is 1. The van der Waals surface area contributed by atoms with Crippen molar-refractivity contribution < 1.29 is 4.79 Å². The normalized spacial score (nSPS) is 11.6. The van der Waals surface area contributed by atoms with E-state index < -0.39 is 0 Å². The summed E-state index contributed by atoms with van der Waals surface area (Å²) in [6, 6.07) is 0. The molecule has 0 saturated heterocycles. The van der Waals surface area contributed by atoms with Gasteiger partial charge in [-0.1, -0.05) is 13.0 Å². The van der Waals surface area contributed by atoms with E-state index in [4.69, 9.17) is 5.73 Å². The SMILES string of the molecule is CCC=C(N)SC(C)=O. The predicted octanol–water partition coefficient (Wildman–Crippen LogP) is 1.48.